The van der Waals surface area contributed by atoms with Gasteiger partial charge in [0.1, 0.15) is 11.8 Å². The van der Waals surface area contributed by atoms with Crippen LogP contribution in [0.25, 0.3) is 0 Å². The first kappa shape index (κ1) is 10.7. The Kier molecular flexibility index (Phi) is 2.94. The highest BCUT2D eigenvalue weighted by Gasteiger charge is 2.32. The molecule has 5 heteroatoms. The van der Waals surface area contributed by atoms with E-state index >= 15 is 0 Å². The summed E-state index contributed by atoms with van der Waals surface area (Å²) in [4.78, 5) is 24.5. The monoisotopic (exact) mass is 222 g/mol. The van der Waals surface area contributed by atoms with E-state index in [2.05, 4.69) is 5.32 Å². The Bertz CT molecular complexity index is 386. The third kappa shape index (κ3) is 2.08. The highest BCUT2D eigenvalue weighted by molar-refractivity contribution is 5.90. The summed E-state index contributed by atoms with van der Waals surface area (Å²) in [6.45, 7) is 0.365. The van der Waals surface area contributed by atoms with Gasteiger partial charge in [-0.15, -0.1) is 0 Å². The van der Waals surface area contributed by atoms with Crippen molar-refractivity contribution in [2.75, 3.05) is 7.05 Å². The van der Waals surface area contributed by atoms with E-state index in [1.54, 1.807) is 25.4 Å². The second-order valence-electron chi connectivity index (χ2n) is 3.86. The van der Waals surface area contributed by atoms with E-state index in [-0.39, 0.29) is 17.9 Å². The number of carbonyl (C=O) groups excluding carboxylic acids is 2. The van der Waals surface area contributed by atoms with Crippen molar-refractivity contribution in [3.05, 3.63) is 24.2 Å². The standard InChI is InChI=1S/C11H14N2O3/c1-13-9(4-5-10(13)14)11(15)12-7-8-3-2-6-16-8/h2-3,6,9H,4-5,7H2,1H3,(H,12,15). The van der Waals surface area contributed by atoms with Crippen molar-refractivity contribution in [2.45, 2.75) is 25.4 Å². The lowest BCUT2D eigenvalue weighted by Crippen LogP contribution is -2.42. The van der Waals surface area contributed by atoms with E-state index in [9.17, 15) is 9.59 Å². The van der Waals surface area contributed by atoms with E-state index in [0.29, 0.717) is 25.1 Å². The van der Waals surface area contributed by atoms with Crippen LogP contribution in [0.15, 0.2) is 22.8 Å². The van der Waals surface area contributed by atoms with Crippen LogP contribution in [-0.4, -0.2) is 29.8 Å². The van der Waals surface area contributed by atoms with Crippen molar-refractivity contribution in [3.63, 3.8) is 0 Å². The zero-order chi connectivity index (χ0) is 11.5. The number of hydrogen-bond acceptors (Lipinski definition) is 3. The molecule has 2 amide bonds. The Labute approximate surface area is 93.4 Å². The van der Waals surface area contributed by atoms with Gasteiger partial charge >= 0.3 is 0 Å². The van der Waals surface area contributed by atoms with Gasteiger partial charge in [0.25, 0.3) is 0 Å². The Balaban J connectivity index is 1.87. The second-order valence-corrected chi connectivity index (χ2v) is 3.86. The first-order chi connectivity index (χ1) is 7.68. The normalized spacial score (nSPS) is 20.2. The summed E-state index contributed by atoms with van der Waals surface area (Å²) in [7, 11) is 1.66. The molecule has 1 N–H and O–H groups in total. The van der Waals surface area contributed by atoms with Crippen molar-refractivity contribution in [1.82, 2.24) is 10.2 Å². The summed E-state index contributed by atoms with van der Waals surface area (Å²) in [5, 5.41) is 2.75. The van der Waals surface area contributed by atoms with Gasteiger partial charge in [-0.25, -0.2) is 0 Å². The number of nitrogens with zero attached hydrogens (tertiary/aromatic N) is 1. The van der Waals surface area contributed by atoms with Crippen LogP contribution in [-0.2, 0) is 16.1 Å². The quantitative estimate of drug-likeness (QED) is 0.810. The molecule has 0 aromatic carbocycles. The molecule has 2 heterocycles. The average Bonchev–Trinajstić information content (AvgIpc) is 2.88. The van der Waals surface area contributed by atoms with Gasteiger partial charge in [0.15, 0.2) is 0 Å². The van der Waals surface area contributed by atoms with E-state index < -0.39 is 0 Å². The average molecular weight is 222 g/mol. The maximum Gasteiger partial charge on any atom is 0.243 e. The summed E-state index contributed by atoms with van der Waals surface area (Å²) in [6.07, 6.45) is 2.61. The zero-order valence-electron chi connectivity index (χ0n) is 9.10. The molecule has 1 saturated heterocycles. The van der Waals surface area contributed by atoms with Crippen LogP contribution in [0.5, 0.6) is 0 Å². The summed E-state index contributed by atoms with van der Waals surface area (Å²) in [5.41, 5.74) is 0. The van der Waals surface area contributed by atoms with Crippen LogP contribution in [0.3, 0.4) is 0 Å². The highest BCUT2D eigenvalue weighted by atomic mass is 16.3. The fourth-order valence-corrected chi connectivity index (χ4v) is 1.82. The minimum atomic E-state index is -0.331. The lowest BCUT2D eigenvalue weighted by Gasteiger charge is -2.18. The van der Waals surface area contributed by atoms with Crippen molar-refractivity contribution in [1.29, 1.82) is 0 Å². The van der Waals surface area contributed by atoms with Gasteiger partial charge in [-0.3, -0.25) is 9.59 Å². The lowest BCUT2D eigenvalue weighted by molar-refractivity contribution is -0.133. The molecule has 1 atom stereocenters. The molecule has 1 aliphatic rings. The van der Waals surface area contributed by atoms with Crippen LogP contribution in [0.2, 0.25) is 0 Å². The van der Waals surface area contributed by atoms with Crippen LogP contribution < -0.4 is 5.32 Å². The van der Waals surface area contributed by atoms with E-state index in [1.807, 2.05) is 0 Å². The molecule has 0 spiro atoms. The molecule has 1 aromatic rings. The SMILES string of the molecule is CN1C(=O)CCC1C(=O)NCc1ccco1. The number of nitrogens with one attached hydrogen (secondary N) is 1. The van der Waals surface area contributed by atoms with E-state index in [0.717, 1.165) is 0 Å². The molecule has 0 bridgehead atoms. The third-order valence-electron chi connectivity index (χ3n) is 2.81. The largest absolute Gasteiger partial charge is 0.467 e. The maximum absolute atomic E-state index is 11.7. The van der Waals surface area contributed by atoms with Gasteiger partial charge in [0.05, 0.1) is 12.8 Å². The minimum absolute atomic E-state index is 0.0261. The molecule has 0 aliphatic carbocycles. The van der Waals surface area contributed by atoms with Crippen molar-refractivity contribution < 1.29 is 14.0 Å². The molecule has 0 saturated carbocycles. The molecule has 1 aliphatic heterocycles. The second kappa shape index (κ2) is 4.38. The number of likely N-dealkylation sites (tertiary alicyclic amines) is 1. The zero-order valence-corrected chi connectivity index (χ0v) is 9.10. The Morgan fingerprint density at radius 1 is 1.69 bits per heavy atom. The van der Waals surface area contributed by atoms with Gasteiger partial charge in [-0.1, -0.05) is 0 Å². The Morgan fingerprint density at radius 2 is 2.50 bits per heavy atom. The first-order valence-electron chi connectivity index (χ1n) is 5.24. The van der Waals surface area contributed by atoms with Crippen LogP contribution >= 0.6 is 0 Å². The van der Waals surface area contributed by atoms with Gasteiger partial charge < -0.3 is 14.6 Å². The molecule has 2 rings (SSSR count). The molecule has 1 aromatic heterocycles. The van der Waals surface area contributed by atoms with E-state index in [4.69, 9.17) is 4.42 Å². The Hall–Kier alpha value is -1.78. The third-order valence-corrected chi connectivity index (χ3v) is 2.81. The molecule has 86 valence electrons. The fourth-order valence-electron chi connectivity index (χ4n) is 1.82. The smallest absolute Gasteiger partial charge is 0.243 e. The molecular formula is C11H14N2O3. The van der Waals surface area contributed by atoms with Crippen molar-refractivity contribution in [2.24, 2.45) is 0 Å². The number of hydrogen-bond donors (Lipinski definition) is 1. The molecular weight excluding hydrogens is 208 g/mol. The minimum Gasteiger partial charge on any atom is -0.467 e. The predicted molar refractivity (Wildman–Crippen MR) is 56.3 cm³/mol. The molecule has 0 radical (unpaired) electrons. The highest BCUT2D eigenvalue weighted by Crippen LogP contribution is 2.16. The van der Waals surface area contributed by atoms with Crippen LogP contribution in [0, 0.1) is 0 Å². The number of rotatable bonds is 3. The number of carbonyl (C=O) groups is 2. The van der Waals surface area contributed by atoms with Gasteiger partial charge in [0.2, 0.25) is 11.8 Å². The van der Waals surface area contributed by atoms with Crippen molar-refractivity contribution in [3.8, 4) is 0 Å². The summed E-state index contributed by atoms with van der Waals surface area (Å²) >= 11 is 0. The fraction of sp³-hybridized carbons (Fsp3) is 0.455. The number of amides is 2. The number of furan rings is 1. The molecule has 16 heavy (non-hydrogen) atoms. The summed E-state index contributed by atoms with van der Waals surface area (Å²) in [6, 6.07) is 3.23. The topological polar surface area (TPSA) is 62.6 Å². The number of likely N-dealkylation sites (N-methyl/N-ethyl adjacent to an activating group) is 1. The van der Waals surface area contributed by atoms with Gasteiger partial charge in [-0.05, 0) is 18.6 Å². The summed E-state index contributed by atoms with van der Waals surface area (Å²) < 4.78 is 5.10. The first-order valence-corrected chi connectivity index (χ1v) is 5.24. The predicted octanol–water partition coefficient (Wildman–Crippen LogP) is 0.517. The lowest BCUT2D eigenvalue weighted by atomic mass is 10.2. The molecule has 1 unspecified atom stereocenters. The molecule has 1 fully saturated rings. The maximum atomic E-state index is 11.7. The van der Waals surface area contributed by atoms with Gasteiger partial charge in [-0.2, -0.15) is 0 Å². The summed E-state index contributed by atoms with van der Waals surface area (Å²) in [5.74, 6) is 0.614. The van der Waals surface area contributed by atoms with E-state index in [1.165, 1.54) is 4.90 Å². The van der Waals surface area contributed by atoms with Crippen LogP contribution in [0.4, 0.5) is 0 Å². The van der Waals surface area contributed by atoms with Crippen LogP contribution in [0.1, 0.15) is 18.6 Å². The Morgan fingerprint density at radius 3 is 3.06 bits per heavy atom. The molecule has 5 nitrogen and oxygen atoms in total. The van der Waals surface area contributed by atoms with Crippen molar-refractivity contribution >= 4 is 11.8 Å². The van der Waals surface area contributed by atoms with Gasteiger partial charge in [0, 0.05) is 13.5 Å².